The van der Waals surface area contributed by atoms with Crippen LogP contribution in [0.2, 0.25) is 0 Å². The first-order chi connectivity index (χ1) is 17.0. The van der Waals surface area contributed by atoms with E-state index in [0.29, 0.717) is 27.3 Å². The minimum absolute atomic E-state index is 0.0865. The summed E-state index contributed by atoms with van der Waals surface area (Å²) in [5, 5.41) is 28.5. The van der Waals surface area contributed by atoms with Gasteiger partial charge in [-0.3, -0.25) is 4.79 Å². The van der Waals surface area contributed by atoms with Crippen molar-refractivity contribution in [1.29, 1.82) is 10.8 Å². The number of rotatable bonds is 7. The molecule has 4 rings (SSSR count). The lowest BCUT2D eigenvalue weighted by molar-refractivity contribution is 0.311. The van der Waals surface area contributed by atoms with E-state index in [-0.39, 0.29) is 11.1 Å². The molecule has 0 spiro atoms. The SMILES string of the molecule is CC/C=C(\C(C=N)=C\C(=N)c1csc2c(=O)cc(N3CCNCC3)oc12)c1ccccc1C.NO. The van der Waals surface area contributed by atoms with Gasteiger partial charge in [0, 0.05) is 49.4 Å². The molecule has 0 amide bonds. The van der Waals surface area contributed by atoms with E-state index in [4.69, 9.17) is 20.4 Å². The van der Waals surface area contributed by atoms with Gasteiger partial charge in [0.05, 0.1) is 11.3 Å². The fraction of sp³-hybridized carbons (Fsp3) is 0.269. The highest BCUT2D eigenvalue weighted by Crippen LogP contribution is 2.30. The van der Waals surface area contributed by atoms with Crippen LogP contribution in [0.5, 0.6) is 0 Å². The molecular formula is C26H31N5O3S. The second-order valence-corrected chi connectivity index (χ2v) is 8.87. The number of thiophene rings is 1. The van der Waals surface area contributed by atoms with E-state index in [9.17, 15) is 4.79 Å². The molecule has 1 fully saturated rings. The Bertz CT molecular complexity index is 1320. The van der Waals surface area contributed by atoms with Crippen LogP contribution < -0.4 is 21.5 Å². The summed E-state index contributed by atoms with van der Waals surface area (Å²) in [7, 11) is 0. The van der Waals surface area contributed by atoms with Gasteiger partial charge in [-0.1, -0.05) is 37.3 Å². The summed E-state index contributed by atoms with van der Waals surface area (Å²) in [6.07, 6.45) is 5.88. The summed E-state index contributed by atoms with van der Waals surface area (Å²) in [6.45, 7) is 7.32. The van der Waals surface area contributed by atoms with Crippen LogP contribution in [0.25, 0.3) is 15.9 Å². The van der Waals surface area contributed by atoms with Crippen LogP contribution >= 0.6 is 11.3 Å². The van der Waals surface area contributed by atoms with Crippen molar-refractivity contribution < 1.29 is 9.62 Å². The van der Waals surface area contributed by atoms with Crippen molar-refractivity contribution in [1.82, 2.24) is 5.32 Å². The van der Waals surface area contributed by atoms with Gasteiger partial charge < -0.3 is 30.7 Å². The summed E-state index contributed by atoms with van der Waals surface area (Å²) in [5.41, 5.74) is 4.89. The molecule has 1 aromatic carbocycles. The van der Waals surface area contributed by atoms with Gasteiger partial charge in [0.25, 0.3) is 0 Å². The number of hydrogen-bond donors (Lipinski definition) is 5. The summed E-state index contributed by atoms with van der Waals surface area (Å²) in [4.78, 5) is 14.8. The van der Waals surface area contributed by atoms with E-state index >= 15 is 0 Å². The fourth-order valence-electron chi connectivity index (χ4n) is 4.05. The molecular weight excluding hydrogens is 462 g/mol. The number of aryl methyl sites for hydroxylation is 1. The minimum atomic E-state index is -0.0865. The van der Waals surface area contributed by atoms with Crippen molar-refractivity contribution in [3.8, 4) is 0 Å². The smallest absolute Gasteiger partial charge is 0.204 e. The Labute approximate surface area is 208 Å². The molecule has 1 saturated heterocycles. The number of benzene rings is 1. The third-order valence-electron chi connectivity index (χ3n) is 5.76. The Kier molecular flexibility index (Phi) is 9.27. The van der Waals surface area contributed by atoms with E-state index in [2.05, 4.69) is 29.1 Å². The van der Waals surface area contributed by atoms with Gasteiger partial charge >= 0.3 is 0 Å². The van der Waals surface area contributed by atoms with Gasteiger partial charge in [0.1, 0.15) is 4.70 Å². The van der Waals surface area contributed by atoms with Crippen molar-refractivity contribution in [3.63, 3.8) is 0 Å². The molecule has 0 atom stereocenters. The Morgan fingerprint density at radius 1 is 1.26 bits per heavy atom. The van der Waals surface area contributed by atoms with Crippen molar-refractivity contribution in [3.05, 3.63) is 80.4 Å². The zero-order valence-electron chi connectivity index (χ0n) is 19.9. The summed E-state index contributed by atoms with van der Waals surface area (Å²) >= 11 is 1.30. The number of piperazine rings is 1. The van der Waals surface area contributed by atoms with Crippen LogP contribution in [0.1, 0.15) is 30.0 Å². The quantitative estimate of drug-likeness (QED) is 0.188. The highest BCUT2D eigenvalue weighted by atomic mass is 32.1. The average molecular weight is 494 g/mol. The standard InChI is InChI=1S/C26H28N4O2S.H3NO/c1-3-6-20(19-8-5-4-7-17(19)2)18(15-27)13-22(28)21-16-33-26-23(31)14-24(32-25(21)26)30-11-9-29-10-12-30;1-2/h4-8,13-16,27-29H,3,9-12H2,1-2H3;2H,1H2/b18-13+,20-6+,27-15?,28-22?;. The van der Waals surface area contributed by atoms with Crippen LogP contribution in [0.15, 0.2) is 62.6 Å². The Morgan fingerprint density at radius 3 is 2.63 bits per heavy atom. The third-order valence-corrected chi connectivity index (χ3v) is 6.73. The molecule has 8 nitrogen and oxygen atoms in total. The molecule has 1 aliphatic rings. The zero-order chi connectivity index (χ0) is 25.4. The maximum absolute atomic E-state index is 12.7. The van der Waals surface area contributed by atoms with Gasteiger partial charge in [-0.2, -0.15) is 0 Å². The van der Waals surface area contributed by atoms with Crippen molar-refractivity contribution in [2.75, 3.05) is 31.1 Å². The first-order valence-electron chi connectivity index (χ1n) is 11.4. The predicted octanol–water partition coefficient (Wildman–Crippen LogP) is 4.34. The molecule has 9 heteroatoms. The number of allylic oxidation sites excluding steroid dienone is 4. The van der Waals surface area contributed by atoms with Crippen LogP contribution in [-0.2, 0) is 0 Å². The van der Waals surface area contributed by atoms with E-state index in [1.807, 2.05) is 31.2 Å². The van der Waals surface area contributed by atoms with Crippen LogP contribution in [0, 0.1) is 17.7 Å². The average Bonchev–Trinajstić information content (AvgIpc) is 3.33. The molecule has 0 aliphatic carbocycles. The predicted molar refractivity (Wildman–Crippen MR) is 145 cm³/mol. The Balaban J connectivity index is 0.00000167. The van der Waals surface area contributed by atoms with Gasteiger partial charge in [-0.05, 0) is 36.1 Å². The van der Waals surface area contributed by atoms with Gasteiger partial charge in [0.2, 0.25) is 5.43 Å². The zero-order valence-corrected chi connectivity index (χ0v) is 20.7. The molecule has 0 radical (unpaired) electrons. The molecule has 0 bridgehead atoms. The van der Waals surface area contributed by atoms with Crippen LogP contribution in [0.3, 0.4) is 0 Å². The lowest BCUT2D eigenvalue weighted by Crippen LogP contribution is -2.43. The molecule has 35 heavy (non-hydrogen) atoms. The molecule has 6 N–H and O–H groups in total. The van der Waals surface area contributed by atoms with Gasteiger partial charge in [0.15, 0.2) is 11.5 Å². The lowest BCUT2D eigenvalue weighted by atomic mass is 9.92. The van der Waals surface area contributed by atoms with E-state index in [0.717, 1.165) is 49.3 Å². The second-order valence-electron chi connectivity index (χ2n) is 7.99. The maximum atomic E-state index is 12.7. The van der Waals surface area contributed by atoms with Crippen molar-refractivity contribution >= 4 is 45.0 Å². The second kappa shape index (κ2) is 12.4. The van der Waals surface area contributed by atoms with Gasteiger partial charge in [-0.15, -0.1) is 11.3 Å². The van der Waals surface area contributed by atoms with Gasteiger partial charge in [-0.25, -0.2) is 5.90 Å². The number of nitrogens with two attached hydrogens (primary N) is 1. The largest absolute Gasteiger partial charge is 0.439 e. The monoisotopic (exact) mass is 493 g/mol. The molecule has 0 unspecified atom stereocenters. The van der Waals surface area contributed by atoms with Crippen LogP contribution in [-0.4, -0.2) is 43.3 Å². The van der Waals surface area contributed by atoms with Crippen molar-refractivity contribution in [2.24, 2.45) is 5.90 Å². The third kappa shape index (κ3) is 5.83. The minimum Gasteiger partial charge on any atom is -0.439 e. The molecule has 2 aromatic heterocycles. The summed E-state index contributed by atoms with van der Waals surface area (Å²) < 4.78 is 6.68. The highest BCUT2D eigenvalue weighted by Gasteiger charge is 2.19. The number of anilines is 1. The van der Waals surface area contributed by atoms with Crippen LogP contribution in [0.4, 0.5) is 5.88 Å². The highest BCUT2D eigenvalue weighted by molar-refractivity contribution is 7.17. The molecule has 3 heterocycles. The number of fused-ring (bicyclic) bond motifs is 1. The normalized spacial score (nSPS) is 14.5. The van der Waals surface area contributed by atoms with Crippen molar-refractivity contribution in [2.45, 2.75) is 20.3 Å². The summed E-state index contributed by atoms with van der Waals surface area (Å²) in [6, 6.07) is 9.61. The first-order valence-corrected chi connectivity index (χ1v) is 12.3. The fourth-order valence-corrected chi connectivity index (χ4v) is 4.95. The van der Waals surface area contributed by atoms with E-state index < -0.39 is 0 Å². The first kappa shape index (κ1) is 26.2. The molecule has 1 aliphatic heterocycles. The summed E-state index contributed by atoms with van der Waals surface area (Å²) in [5.74, 6) is 4.05. The Hall–Kier alpha value is -3.37. The maximum Gasteiger partial charge on any atom is 0.204 e. The van der Waals surface area contributed by atoms with E-state index in [1.165, 1.54) is 17.6 Å². The number of hydrogen-bond acceptors (Lipinski definition) is 9. The molecule has 0 saturated carbocycles. The lowest BCUT2D eigenvalue weighted by Gasteiger charge is -2.27. The number of nitrogens with one attached hydrogen (secondary N) is 3. The molecule has 3 aromatic rings. The number of nitrogens with zero attached hydrogens (tertiary/aromatic N) is 1. The van der Waals surface area contributed by atoms with E-state index in [1.54, 1.807) is 17.5 Å². The molecule has 184 valence electrons. The Morgan fingerprint density at radius 2 is 1.97 bits per heavy atom. The topological polar surface area (TPSA) is 139 Å².